The van der Waals surface area contributed by atoms with Gasteiger partial charge in [-0.25, -0.2) is 4.79 Å². The van der Waals surface area contributed by atoms with Gasteiger partial charge in [0.15, 0.2) is 0 Å². The number of anilines is 1. The maximum absolute atomic E-state index is 11.5. The van der Waals surface area contributed by atoms with Crippen molar-refractivity contribution in [2.24, 2.45) is 0 Å². The summed E-state index contributed by atoms with van der Waals surface area (Å²) in [4.78, 5) is 22.7. The number of amides is 3. The molecule has 3 amide bonds. The van der Waals surface area contributed by atoms with Crippen molar-refractivity contribution in [3.8, 4) is 0 Å². The second-order valence-electron chi connectivity index (χ2n) is 3.19. The molecule has 8 heteroatoms. The summed E-state index contributed by atoms with van der Waals surface area (Å²) in [7, 11) is 0. The van der Waals surface area contributed by atoms with Crippen LogP contribution in [0, 0.1) is 0 Å². The van der Waals surface area contributed by atoms with Crippen LogP contribution in [0.5, 0.6) is 0 Å². The Labute approximate surface area is 124 Å². The molecule has 0 heterocycles. The normalized spacial score (nSPS) is 11.8. The number of urea groups is 1. The smallest absolute Gasteiger partial charge is 0.306 e. The molecule has 1 atom stereocenters. The molecule has 2 N–H and O–H groups in total. The van der Waals surface area contributed by atoms with Crippen molar-refractivity contribution in [2.45, 2.75) is 5.38 Å². The van der Waals surface area contributed by atoms with E-state index in [0.717, 1.165) is 0 Å². The number of carbonyl (C=O) groups is 2. The van der Waals surface area contributed by atoms with Gasteiger partial charge in [0.25, 0.3) is 0 Å². The number of halogens is 4. The van der Waals surface area contributed by atoms with E-state index in [0.29, 0.717) is 10.0 Å². The van der Waals surface area contributed by atoms with Crippen molar-refractivity contribution >= 4 is 64.0 Å². The fourth-order valence-electron chi connectivity index (χ4n) is 1.01. The maximum atomic E-state index is 11.5. The van der Waals surface area contributed by atoms with Crippen molar-refractivity contribution in [3.05, 3.63) is 28.2 Å². The summed E-state index contributed by atoms with van der Waals surface area (Å²) in [6.45, 7) is 0. The summed E-state index contributed by atoms with van der Waals surface area (Å²) >= 11 is 22.5. The van der Waals surface area contributed by atoms with E-state index < -0.39 is 17.3 Å². The van der Waals surface area contributed by atoms with Crippen LogP contribution in [0.1, 0.15) is 0 Å². The van der Waals surface area contributed by atoms with E-state index in [9.17, 15) is 9.59 Å². The monoisotopic (exact) mass is 328 g/mol. The molecule has 18 heavy (non-hydrogen) atoms. The quantitative estimate of drug-likeness (QED) is 0.834. The third-order valence-corrected chi connectivity index (χ3v) is 3.22. The van der Waals surface area contributed by atoms with Gasteiger partial charge < -0.3 is 5.32 Å². The van der Waals surface area contributed by atoms with E-state index >= 15 is 0 Å². The Morgan fingerprint density at radius 2 is 1.94 bits per heavy atom. The molecule has 98 valence electrons. The first-order valence-electron chi connectivity index (χ1n) is 4.71. The number of imide groups is 1. The van der Waals surface area contributed by atoms with Crippen molar-refractivity contribution in [1.82, 2.24) is 5.32 Å². The second-order valence-corrected chi connectivity index (χ2v) is 4.87. The van der Waals surface area contributed by atoms with Crippen LogP contribution in [0.4, 0.5) is 10.5 Å². The van der Waals surface area contributed by atoms with Crippen LogP contribution in [0.3, 0.4) is 0 Å². The number of alkyl halides is 2. The van der Waals surface area contributed by atoms with Crippen molar-refractivity contribution in [1.29, 1.82) is 0 Å². The number of rotatable bonds is 3. The van der Waals surface area contributed by atoms with Crippen molar-refractivity contribution < 1.29 is 9.59 Å². The molecule has 4 nitrogen and oxygen atoms in total. The molecule has 0 aliphatic carbocycles. The fraction of sp³-hybridized carbons (Fsp3) is 0.200. The molecule has 0 fully saturated rings. The summed E-state index contributed by atoms with van der Waals surface area (Å²) in [6.07, 6.45) is 0. The van der Waals surface area contributed by atoms with Crippen molar-refractivity contribution in [2.75, 3.05) is 11.2 Å². The van der Waals surface area contributed by atoms with Gasteiger partial charge in [-0.15, -0.1) is 23.2 Å². The lowest BCUT2D eigenvalue weighted by Crippen LogP contribution is -2.39. The number of hydrogen-bond acceptors (Lipinski definition) is 2. The van der Waals surface area contributed by atoms with E-state index in [1.165, 1.54) is 12.1 Å². The molecule has 0 bridgehead atoms. The minimum Gasteiger partial charge on any atom is -0.306 e. The lowest BCUT2D eigenvalue weighted by Gasteiger charge is -2.09. The van der Waals surface area contributed by atoms with E-state index in [4.69, 9.17) is 46.4 Å². The minimum absolute atomic E-state index is 0.0986. The van der Waals surface area contributed by atoms with Gasteiger partial charge in [-0.3, -0.25) is 10.1 Å². The topological polar surface area (TPSA) is 58.2 Å². The molecule has 0 radical (unpaired) electrons. The van der Waals surface area contributed by atoms with E-state index in [1.807, 2.05) is 5.32 Å². The highest BCUT2D eigenvalue weighted by Crippen LogP contribution is 2.25. The van der Waals surface area contributed by atoms with Gasteiger partial charge in [0.2, 0.25) is 5.91 Å². The largest absolute Gasteiger partial charge is 0.325 e. The molecular formula is C10H8Cl4N2O2. The Morgan fingerprint density at radius 1 is 1.28 bits per heavy atom. The molecule has 1 aromatic rings. The number of benzene rings is 1. The summed E-state index contributed by atoms with van der Waals surface area (Å²) in [5.74, 6) is -0.791. The third-order valence-electron chi connectivity index (χ3n) is 1.83. The SMILES string of the molecule is O=C(NC(=O)C(Cl)CCl)Nc1cc(Cl)ccc1Cl. The number of nitrogens with one attached hydrogen (secondary N) is 2. The Balaban J connectivity index is 2.65. The van der Waals surface area contributed by atoms with Gasteiger partial charge in [0, 0.05) is 10.9 Å². The van der Waals surface area contributed by atoms with Gasteiger partial charge in [-0.05, 0) is 18.2 Å². The molecular weight excluding hydrogens is 322 g/mol. The highest BCUT2D eigenvalue weighted by molar-refractivity contribution is 6.37. The molecule has 1 aromatic carbocycles. The van der Waals surface area contributed by atoms with Crippen LogP contribution in [-0.4, -0.2) is 23.2 Å². The molecule has 0 aliphatic rings. The summed E-state index contributed by atoms with van der Waals surface area (Å²) in [5.41, 5.74) is 0.284. The predicted octanol–water partition coefficient (Wildman–Crippen LogP) is 3.49. The maximum Gasteiger partial charge on any atom is 0.325 e. The van der Waals surface area contributed by atoms with Gasteiger partial charge >= 0.3 is 6.03 Å². The molecule has 0 spiro atoms. The summed E-state index contributed by atoms with van der Waals surface area (Å²) < 4.78 is 0. The second kappa shape index (κ2) is 7.04. The average Bonchev–Trinajstić information content (AvgIpc) is 2.32. The molecule has 1 rings (SSSR count). The van der Waals surface area contributed by atoms with Crippen LogP contribution in [0.15, 0.2) is 18.2 Å². The number of hydrogen-bond donors (Lipinski definition) is 2. The molecule has 0 aliphatic heterocycles. The van der Waals surface area contributed by atoms with E-state index in [-0.39, 0.29) is 11.6 Å². The first-order valence-corrected chi connectivity index (χ1v) is 6.43. The van der Waals surface area contributed by atoms with Crippen LogP contribution in [0.25, 0.3) is 0 Å². The van der Waals surface area contributed by atoms with Gasteiger partial charge in [0.1, 0.15) is 5.38 Å². The van der Waals surface area contributed by atoms with Gasteiger partial charge in [-0.2, -0.15) is 0 Å². The number of carbonyl (C=O) groups excluding carboxylic acids is 2. The highest BCUT2D eigenvalue weighted by Gasteiger charge is 2.17. The Morgan fingerprint density at radius 3 is 2.56 bits per heavy atom. The average molecular weight is 330 g/mol. The lowest BCUT2D eigenvalue weighted by atomic mass is 10.3. The van der Waals surface area contributed by atoms with Crippen LogP contribution in [0.2, 0.25) is 10.0 Å². The standard InChI is InChI=1S/C10H8Cl4N2O2/c11-4-7(14)9(17)16-10(18)15-8-3-5(12)1-2-6(8)13/h1-3,7H,4H2,(H2,15,16,17,18). The first-order chi connectivity index (χ1) is 8.43. The predicted molar refractivity (Wildman–Crippen MR) is 74.0 cm³/mol. The third kappa shape index (κ3) is 4.53. The lowest BCUT2D eigenvalue weighted by molar-refractivity contribution is -0.119. The zero-order valence-corrected chi connectivity index (χ0v) is 11.9. The van der Waals surface area contributed by atoms with Gasteiger partial charge in [-0.1, -0.05) is 23.2 Å². The first kappa shape index (κ1) is 15.4. The Bertz CT molecular complexity index is 467. The van der Waals surface area contributed by atoms with E-state index in [2.05, 4.69) is 5.32 Å². The van der Waals surface area contributed by atoms with Crippen LogP contribution in [-0.2, 0) is 4.79 Å². The zero-order chi connectivity index (χ0) is 13.7. The van der Waals surface area contributed by atoms with Gasteiger partial charge in [0.05, 0.1) is 10.7 Å². The molecule has 0 saturated carbocycles. The Kier molecular flexibility index (Phi) is 6.02. The van der Waals surface area contributed by atoms with Crippen LogP contribution >= 0.6 is 46.4 Å². The highest BCUT2D eigenvalue weighted by atomic mass is 35.5. The Hall–Kier alpha value is -0.680. The molecule has 0 aromatic heterocycles. The molecule has 1 unspecified atom stereocenters. The van der Waals surface area contributed by atoms with E-state index in [1.54, 1.807) is 6.07 Å². The summed E-state index contributed by atoms with van der Waals surface area (Å²) in [5, 5.41) is 4.10. The summed E-state index contributed by atoms with van der Waals surface area (Å²) in [6, 6.07) is 3.78. The zero-order valence-electron chi connectivity index (χ0n) is 8.84. The molecule has 0 saturated heterocycles. The fourth-order valence-corrected chi connectivity index (χ4v) is 1.54. The minimum atomic E-state index is -0.979. The van der Waals surface area contributed by atoms with Crippen LogP contribution < -0.4 is 10.6 Å². The van der Waals surface area contributed by atoms with Crippen molar-refractivity contribution in [3.63, 3.8) is 0 Å².